The van der Waals surface area contributed by atoms with Crippen molar-refractivity contribution < 1.29 is 4.39 Å². The molecule has 15 heavy (non-hydrogen) atoms. The lowest BCUT2D eigenvalue weighted by Crippen LogP contribution is -2.05. The number of hydrogen-bond donors (Lipinski definition) is 0. The highest BCUT2D eigenvalue weighted by molar-refractivity contribution is 5.08. The van der Waals surface area contributed by atoms with Gasteiger partial charge in [0.25, 0.3) is 0 Å². The van der Waals surface area contributed by atoms with Crippen molar-refractivity contribution in [1.29, 1.82) is 0 Å². The predicted octanol–water partition coefficient (Wildman–Crippen LogP) is 3.08. The monoisotopic (exact) mass is 208 g/mol. The van der Waals surface area contributed by atoms with Crippen LogP contribution in [0.2, 0.25) is 0 Å². The third-order valence-electron chi connectivity index (χ3n) is 3.19. The molecule has 1 heterocycles. The highest BCUT2D eigenvalue weighted by atomic mass is 19.1. The van der Waals surface area contributed by atoms with Crippen molar-refractivity contribution in [2.75, 3.05) is 0 Å². The number of aromatic nitrogens is 2. The minimum atomic E-state index is -0.378. The fourth-order valence-electron chi connectivity index (χ4n) is 2.29. The minimum Gasteiger partial charge on any atom is -0.237 e. The first kappa shape index (κ1) is 10.5. The van der Waals surface area contributed by atoms with Gasteiger partial charge in [-0.05, 0) is 31.6 Å². The maximum atomic E-state index is 13.2. The van der Waals surface area contributed by atoms with Gasteiger partial charge in [-0.3, -0.25) is 0 Å². The highest BCUT2D eigenvalue weighted by Gasteiger charge is 2.25. The zero-order valence-electron chi connectivity index (χ0n) is 9.33. The summed E-state index contributed by atoms with van der Waals surface area (Å²) < 4.78 is 13.2. The number of rotatable bonds is 2. The molecule has 82 valence electrons. The summed E-state index contributed by atoms with van der Waals surface area (Å²) >= 11 is 0. The summed E-state index contributed by atoms with van der Waals surface area (Å²) in [5.74, 6) is 1.44. The average molecular weight is 208 g/mol. The average Bonchev–Trinajstić information content (AvgIpc) is 2.64. The maximum absolute atomic E-state index is 13.2. The Balaban J connectivity index is 2.24. The molecule has 1 fully saturated rings. The van der Waals surface area contributed by atoms with Gasteiger partial charge in [-0.2, -0.15) is 4.39 Å². The molecule has 1 aromatic rings. The van der Waals surface area contributed by atoms with Crippen molar-refractivity contribution >= 4 is 0 Å². The van der Waals surface area contributed by atoms with Gasteiger partial charge in [0.15, 0.2) is 0 Å². The van der Waals surface area contributed by atoms with Gasteiger partial charge in [-0.15, -0.1) is 0 Å². The molecule has 2 atom stereocenters. The van der Waals surface area contributed by atoms with Crippen LogP contribution in [0.25, 0.3) is 0 Å². The topological polar surface area (TPSA) is 25.8 Å². The van der Waals surface area contributed by atoms with Crippen LogP contribution in [0.1, 0.15) is 50.5 Å². The Kier molecular flexibility index (Phi) is 2.98. The molecule has 1 aliphatic carbocycles. The van der Waals surface area contributed by atoms with Gasteiger partial charge in [0, 0.05) is 17.7 Å². The van der Waals surface area contributed by atoms with Crippen molar-refractivity contribution in [3.63, 3.8) is 0 Å². The second kappa shape index (κ2) is 4.25. The zero-order valence-corrected chi connectivity index (χ0v) is 9.33. The minimum absolute atomic E-state index is 0.376. The molecule has 0 saturated heterocycles. The molecule has 2 unspecified atom stereocenters. The summed E-state index contributed by atoms with van der Waals surface area (Å²) in [7, 11) is 0. The van der Waals surface area contributed by atoms with Crippen molar-refractivity contribution in [2.24, 2.45) is 5.92 Å². The number of halogens is 1. The molecule has 2 nitrogen and oxygen atoms in total. The van der Waals surface area contributed by atoms with Crippen molar-refractivity contribution in [3.8, 4) is 0 Å². The highest BCUT2D eigenvalue weighted by Crippen LogP contribution is 2.36. The van der Waals surface area contributed by atoms with Crippen molar-refractivity contribution in [1.82, 2.24) is 9.97 Å². The van der Waals surface area contributed by atoms with E-state index in [-0.39, 0.29) is 5.95 Å². The van der Waals surface area contributed by atoms with E-state index in [1.54, 1.807) is 0 Å². The summed E-state index contributed by atoms with van der Waals surface area (Å²) in [6.45, 7) is 4.23. The van der Waals surface area contributed by atoms with E-state index >= 15 is 0 Å². The Bertz CT molecular complexity index is 351. The third kappa shape index (κ3) is 2.33. The van der Waals surface area contributed by atoms with Crippen LogP contribution in [-0.4, -0.2) is 9.97 Å². The fraction of sp³-hybridized carbons (Fsp3) is 0.667. The van der Waals surface area contributed by atoms with Crippen LogP contribution in [0, 0.1) is 11.9 Å². The largest absolute Gasteiger partial charge is 0.237 e. The second-order valence-corrected chi connectivity index (χ2v) is 4.51. The molecule has 0 aromatic carbocycles. The van der Waals surface area contributed by atoms with Gasteiger partial charge in [0.2, 0.25) is 5.95 Å². The van der Waals surface area contributed by atoms with Crippen LogP contribution < -0.4 is 0 Å². The summed E-state index contributed by atoms with van der Waals surface area (Å²) in [4.78, 5) is 8.34. The number of nitrogens with zero attached hydrogens (tertiary/aromatic N) is 2. The molecule has 0 bridgehead atoms. The molecular weight excluding hydrogens is 191 g/mol. The summed E-state index contributed by atoms with van der Waals surface area (Å²) in [6.07, 6.45) is 4.20. The summed E-state index contributed by atoms with van der Waals surface area (Å²) in [6, 6.07) is 1.43. The molecular formula is C12H17FN2. The Morgan fingerprint density at radius 1 is 1.40 bits per heavy atom. The van der Waals surface area contributed by atoms with Gasteiger partial charge in [-0.25, -0.2) is 9.97 Å². The molecule has 0 spiro atoms. The lowest BCUT2D eigenvalue weighted by molar-refractivity contribution is 0.537. The molecule has 0 radical (unpaired) electrons. The first-order chi connectivity index (χ1) is 7.19. The van der Waals surface area contributed by atoms with E-state index in [4.69, 9.17) is 0 Å². The number of hydrogen-bond acceptors (Lipinski definition) is 2. The Morgan fingerprint density at radius 3 is 2.80 bits per heavy atom. The van der Waals surface area contributed by atoms with Crippen LogP contribution in [0.3, 0.4) is 0 Å². The fourth-order valence-corrected chi connectivity index (χ4v) is 2.29. The lowest BCUT2D eigenvalue weighted by atomic mass is 10.1. The van der Waals surface area contributed by atoms with E-state index < -0.39 is 0 Å². The lowest BCUT2D eigenvalue weighted by Gasteiger charge is -2.09. The Labute approximate surface area is 89.9 Å². The summed E-state index contributed by atoms with van der Waals surface area (Å²) in [5.41, 5.74) is 0.817. The van der Waals surface area contributed by atoms with Crippen LogP contribution >= 0.6 is 0 Å². The van der Waals surface area contributed by atoms with Gasteiger partial charge < -0.3 is 0 Å². The van der Waals surface area contributed by atoms with Crippen LogP contribution in [0.15, 0.2) is 6.07 Å². The van der Waals surface area contributed by atoms with E-state index in [1.807, 2.05) is 6.92 Å². The Hall–Kier alpha value is -0.990. The summed E-state index contributed by atoms with van der Waals surface area (Å²) in [5, 5.41) is 0. The molecule has 1 saturated carbocycles. The van der Waals surface area contributed by atoms with E-state index in [0.717, 1.165) is 36.7 Å². The second-order valence-electron chi connectivity index (χ2n) is 4.51. The first-order valence-electron chi connectivity index (χ1n) is 5.72. The van der Waals surface area contributed by atoms with Gasteiger partial charge in [-0.1, -0.05) is 13.8 Å². The van der Waals surface area contributed by atoms with Crippen molar-refractivity contribution in [2.45, 2.75) is 45.4 Å². The predicted molar refractivity (Wildman–Crippen MR) is 57.1 cm³/mol. The van der Waals surface area contributed by atoms with Crippen LogP contribution in [0.4, 0.5) is 4.39 Å². The number of aryl methyl sites for hydroxylation is 1. The SMILES string of the molecule is CCc1cc(F)nc(C2CCC(C)C2)n1. The van der Waals surface area contributed by atoms with Gasteiger partial charge >= 0.3 is 0 Å². The van der Waals surface area contributed by atoms with Gasteiger partial charge in [0.05, 0.1) is 0 Å². The third-order valence-corrected chi connectivity index (χ3v) is 3.19. The van der Waals surface area contributed by atoms with E-state index in [0.29, 0.717) is 5.92 Å². The van der Waals surface area contributed by atoms with Gasteiger partial charge in [0.1, 0.15) is 5.82 Å². The standard InChI is InChI=1S/C12H17FN2/c1-3-10-7-11(13)15-12(14-10)9-5-4-8(2)6-9/h7-9H,3-6H2,1-2H3. The molecule has 1 aromatic heterocycles. The van der Waals surface area contributed by atoms with E-state index in [9.17, 15) is 4.39 Å². The smallest absolute Gasteiger partial charge is 0.216 e. The van der Waals surface area contributed by atoms with Crippen LogP contribution in [0.5, 0.6) is 0 Å². The zero-order chi connectivity index (χ0) is 10.8. The quantitative estimate of drug-likeness (QED) is 0.698. The van der Waals surface area contributed by atoms with E-state index in [2.05, 4.69) is 16.9 Å². The van der Waals surface area contributed by atoms with Crippen molar-refractivity contribution in [3.05, 3.63) is 23.5 Å². The maximum Gasteiger partial charge on any atom is 0.216 e. The first-order valence-corrected chi connectivity index (χ1v) is 5.72. The van der Waals surface area contributed by atoms with E-state index in [1.165, 1.54) is 12.5 Å². The Morgan fingerprint density at radius 2 is 2.20 bits per heavy atom. The molecule has 3 heteroatoms. The molecule has 1 aliphatic rings. The molecule has 0 N–H and O–H groups in total. The normalized spacial score (nSPS) is 25.8. The molecule has 0 aliphatic heterocycles. The molecule has 2 rings (SSSR count). The van der Waals surface area contributed by atoms with Crippen LogP contribution in [-0.2, 0) is 6.42 Å². The molecule has 0 amide bonds.